The Morgan fingerprint density at radius 3 is 2.38 bits per heavy atom. The second-order valence-electron chi connectivity index (χ2n) is 8.93. The second-order valence-corrected chi connectivity index (χ2v) is 8.93. The van der Waals surface area contributed by atoms with Crippen molar-refractivity contribution in [3.63, 3.8) is 0 Å². The maximum absolute atomic E-state index is 13.5. The van der Waals surface area contributed by atoms with Gasteiger partial charge in [0.2, 0.25) is 11.8 Å². The monoisotopic (exact) mass is 537 g/mol. The fourth-order valence-corrected chi connectivity index (χ4v) is 4.30. The smallest absolute Gasteiger partial charge is 0.358 e. The minimum absolute atomic E-state index is 0.101. The molecule has 0 aliphatic carbocycles. The predicted molar refractivity (Wildman–Crippen MR) is 134 cm³/mol. The van der Waals surface area contributed by atoms with E-state index < -0.39 is 48.2 Å². The molecule has 39 heavy (non-hydrogen) atoms. The second kappa shape index (κ2) is 12.1. The highest BCUT2D eigenvalue weighted by Crippen LogP contribution is 2.24. The van der Waals surface area contributed by atoms with Crippen molar-refractivity contribution in [1.82, 2.24) is 25.8 Å². The Morgan fingerprint density at radius 2 is 1.72 bits per heavy atom. The first kappa shape index (κ1) is 27.1. The third-order valence-corrected chi connectivity index (χ3v) is 6.19. The van der Waals surface area contributed by atoms with Crippen molar-refractivity contribution in [2.45, 2.75) is 37.8 Å². The van der Waals surface area contributed by atoms with E-state index in [0.29, 0.717) is 24.2 Å². The molecule has 204 valence electrons. The average molecular weight is 538 g/mol. The van der Waals surface area contributed by atoms with Crippen molar-refractivity contribution in [1.29, 1.82) is 0 Å². The topological polar surface area (TPSA) is 166 Å². The number of ether oxygens (including phenoxy) is 1. The summed E-state index contributed by atoms with van der Waals surface area (Å²) in [5, 5.41) is 14.4. The molecule has 2 aliphatic rings. The lowest BCUT2D eigenvalue weighted by molar-refractivity contribution is -0.155. The maximum Gasteiger partial charge on any atom is 0.358 e. The number of benzene rings is 2. The van der Waals surface area contributed by atoms with Gasteiger partial charge in [0.05, 0.1) is 19.0 Å². The molecule has 13 nitrogen and oxygen atoms in total. The highest BCUT2D eigenvalue weighted by Gasteiger charge is 2.44. The number of hydrogen-bond acceptors (Lipinski definition) is 7. The molecule has 2 unspecified atom stereocenters. The molecule has 0 aromatic heterocycles. The van der Waals surface area contributed by atoms with E-state index in [-0.39, 0.29) is 31.5 Å². The molecule has 5 amide bonds. The Morgan fingerprint density at radius 1 is 1.03 bits per heavy atom. The van der Waals surface area contributed by atoms with Crippen molar-refractivity contribution in [3.05, 3.63) is 60.2 Å². The van der Waals surface area contributed by atoms with Crippen molar-refractivity contribution in [2.75, 3.05) is 13.1 Å². The number of fused-ring (bicyclic) bond motifs is 1. The Bertz CT molecular complexity index is 1250. The molecule has 0 radical (unpaired) electrons. The number of hydrogen-bond donors (Lipinski definition) is 3. The molecule has 2 aromatic rings. The summed E-state index contributed by atoms with van der Waals surface area (Å²) in [5.74, 6) is -1.97. The number of rotatable bonds is 9. The molecule has 2 saturated heterocycles. The minimum atomic E-state index is -1.30. The molecule has 0 saturated carbocycles. The van der Waals surface area contributed by atoms with Crippen LogP contribution in [0, 0.1) is 0 Å². The normalized spacial score (nSPS) is 17.9. The number of nitrogens with one attached hydrogen (secondary N) is 2. The molecule has 0 spiro atoms. The van der Waals surface area contributed by atoms with Crippen LogP contribution in [0.25, 0.3) is 0 Å². The molecule has 2 atom stereocenters. The lowest BCUT2D eigenvalue weighted by Crippen LogP contribution is -2.64. The number of carboxylic acids is 1. The molecule has 2 fully saturated rings. The molecule has 3 N–H and O–H groups in total. The summed E-state index contributed by atoms with van der Waals surface area (Å²) in [5.41, 5.74) is 2.73. The SMILES string of the molecule is O=CC(CC(=O)O)NC(=O)C1CCCN2C(=O)CCN(NC(=O)c3ccc(Oc4ccccc4)cc3)C(=O)N12. The predicted octanol–water partition coefficient (Wildman–Crippen LogP) is 1.32. The summed E-state index contributed by atoms with van der Waals surface area (Å²) in [6.07, 6.45) is 0.143. The van der Waals surface area contributed by atoms with E-state index in [2.05, 4.69) is 10.7 Å². The van der Waals surface area contributed by atoms with Gasteiger partial charge in [-0.05, 0) is 49.2 Å². The van der Waals surface area contributed by atoms with Gasteiger partial charge in [0.1, 0.15) is 23.8 Å². The summed E-state index contributed by atoms with van der Waals surface area (Å²) in [6.45, 7) is 0.0567. The van der Waals surface area contributed by atoms with E-state index in [9.17, 15) is 28.8 Å². The van der Waals surface area contributed by atoms with Crippen LogP contribution >= 0.6 is 0 Å². The van der Waals surface area contributed by atoms with Crippen LogP contribution in [-0.2, 0) is 19.2 Å². The molecule has 2 aliphatic heterocycles. The van der Waals surface area contributed by atoms with Crippen molar-refractivity contribution >= 4 is 36.0 Å². The molecule has 4 rings (SSSR count). The summed E-state index contributed by atoms with van der Waals surface area (Å²) < 4.78 is 5.72. The quantitative estimate of drug-likeness (QED) is 0.403. The Kier molecular flexibility index (Phi) is 8.39. The highest BCUT2D eigenvalue weighted by molar-refractivity contribution is 5.97. The van der Waals surface area contributed by atoms with E-state index in [4.69, 9.17) is 9.84 Å². The first-order valence-electron chi connectivity index (χ1n) is 12.3. The van der Waals surface area contributed by atoms with E-state index in [1.54, 1.807) is 24.3 Å². The summed E-state index contributed by atoms with van der Waals surface area (Å²) in [4.78, 5) is 74.4. The molecular weight excluding hydrogens is 510 g/mol. The van der Waals surface area contributed by atoms with Crippen LogP contribution < -0.4 is 15.5 Å². The lowest BCUT2D eigenvalue weighted by Gasteiger charge is -2.42. The number of amides is 5. The van der Waals surface area contributed by atoms with Crippen LogP contribution in [0.15, 0.2) is 54.6 Å². The third kappa shape index (κ3) is 6.50. The number of aldehydes is 1. The standard InChI is InChI=1S/C26H27N5O8/c32-16-18(15-23(34)35)27-25(37)21-7-4-13-30-22(33)12-14-29(26(38)31(21)30)28-24(36)17-8-10-20(11-9-17)39-19-5-2-1-3-6-19/h1-3,5-6,8-11,16,18,21H,4,7,12-15H2,(H,27,37)(H,28,36)(H,34,35). The van der Waals surface area contributed by atoms with Gasteiger partial charge in [0, 0.05) is 18.5 Å². The van der Waals surface area contributed by atoms with Crippen molar-refractivity contribution < 1.29 is 38.6 Å². The summed E-state index contributed by atoms with van der Waals surface area (Å²) in [7, 11) is 0. The van der Waals surface area contributed by atoms with Gasteiger partial charge < -0.3 is 20.0 Å². The average Bonchev–Trinajstić information content (AvgIpc) is 3.05. The van der Waals surface area contributed by atoms with Crippen LogP contribution in [0.4, 0.5) is 4.79 Å². The Hall–Kier alpha value is -4.94. The molecule has 2 aromatic carbocycles. The van der Waals surface area contributed by atoms with E-state index in [0.717, 1.165) is 15.0 Å². The van der Waals surface area contributed by atoms with Crippen LogP contribution in [0.3, 0.4) is 0 Å². The van der Waals surface area contributed by atoms with Crippen LogP contribution in [-0.4, -0.2) is 81.3 Å². The Balaban J connectivity index is 1.47. The summed E-state index contributed by atoms with van der Waals surface area (Å²) >= 11 is 0. The van der Waals surface area contributed by atoms with E-state index >= 15 is 0 Å². The maximum atomic E-state index is 13.5. The molecular formula is C26H27N5O8. The van der Waals surface area contributed by atoms with Gasteiger partial charge in [-0.25, -0.2) is 19.8 Å². The van der Waals surface area contributed by atoms with E-state index in [1.807, 2.05) is 18.2 Å². The van der Waals surface area contributed by atoms with Crippen LogP contribution in [0.1, 0.15) is 36.0 Å². The van der Waals surface area contributed by atoms with Crippen LogP contribution in [0.2, 0.25) is 0 Å². The van der Waals surface area contributed by atoms with Gasteiger partial charge in [0.25, 0.3) is 5.91 Å². The van der Waals surface area contributed by atoms with E-state index in [1.165, 1.54) is 12.1 Å². The van der Waals surface area contributed by atoms with Crippen molar-refractivity contribution in [2.24, 2.45) is 0 Å². The third-order valence-electron chi connectivity index (χ3n) is 6.19. The van der Waals surface area contributed by atoms with Crippen molar-refractivity contribution in [3.8, 4) is 11.5 Å². The number of carbonyl (C=O) groups excluding carboxylic acids is 5. The number of carboxylic acid groups (broad SMARTS) is 1. The largest absolute Gasteiger partial charge is 0.481 e. The zero-order chi connectivity index (χ0) is 27.9. The van der Waals surface area contributed by atoms with Gasteiger partial charge >= 0.3 is 12.0 Å². The lowest BCUT2D eigenvalue weighted by atomic mass is 10.1. The van der Waals surface area contributed by atoms with Gasteiger partial charge in [-0.1, -0.05) is 18.2 Å². The minimum Gasteiger partial charge on any atom is -0.481 e. The molecule has 13 heteroatoms. The van der Waals surface area contributed by atoms with Gasteiger partial charge in [-0.2, -0.15) is 0 Å². The number of carbonyl (C=O) groups is 6. The number of para-hydroxylation sites is 1. The van der Waals surface area contributed by atoms with Gasteiger partial charge in [-0.3, -0.25) is 24.6 Å². The summed E-state index contributed by atoms with van der Waals surface area (Å²) in [6, 6.07) is 12.0. The fourth-order valence-electron chi connectivity index (χ4n) is 4.30. The molecule has 2 heterocycles. The van der Waals surface area contributed by atoms with Crippen LogP contribution in [0.5, 0.6) is 11.5 Å². The highest BCUT2D eigenvalue weighted by atomic mass is 16.5. The zero-order valence-electron chi connectivity index (χ0n) is 20.8. The number of aliphatic carboxylic acids is 1. The number of urea groups is 1. The first-order chi connectivity index (χ1) is 18.8. The molecule has 0 bridgehead atoms. The Labute approximate surface area is 223 Å². The first-order valence-corrected chi connectivity index (χ1v) is 12.3. The zero-order valence-corrected chi connectivity index (χ0v) is 20.8. The van der Waals surface area contributed by atoms with Gasteiger partial charge in [-0.15, -0.1) is 0 Å². The fraction of sp³-hybridized carbons (Fsp3) is 0.308. The number of nitrogens with zero attached hydrogens (tertiary/aromatic N) is 3. The van der Waals surface area contributed by atoms with Gasteiger partial charge in [0.15, 0.2) is 0 Å². The number of hydrazine groups is 2.